The summed E-state index contributed by atoms with van der Waals surface area (Å²) in [4.78, 5) is 11.6. The lowest BCUT2D eigenvalue weighted by Crippen LogP contribution is -2.45. The summed E-state index contributed by atoms with van der Waals surface area (Å²) in [5.74, 6) is -0.272. The Morgan fingerprint density at radius 2 is 2.12 bits per heavy atom. The molecule has 0 heterocycles. The van der Waals surface area contributed by atoms with Gasteiger partial charge in [-0.1, -0.05) is 13.0 Å². The molecule has 0 aliphatic rings. The van der Waals surface area contributed by atoms with Gasteiger partial charge in [0.15, 0.2) is 0 Å². The molecule has 0 bridgehead atoms. The highest BCUT2D eigenvalue weighted by Crippen LogP contribution is 2.25. The van der Waals surface area contributed by atoms with Gasteiger partial charge in [0.1, 0.15) is 5.75 Å². The van der Waals surface area contributed by atoms with Gasteiger partial charge < -0.3 is 16.2 Å². The predicted octanol–water partition coefficient (Wildman–Crippen LogP) is 1.63. The monoisotopic (exact) mass is 222 g/mol. The number of aromatic hydroxyl groups is 1. The Morgan fingerprint density at radius 1 is 1.50 bits per heavy atom. The van der Waals surface area contributed by atoms with Gasteiger partial charge in [-0.3, -0.25) is 4.79 Å². The van der Waals surface area contributed by atoms with E-state index in [9.17, 15) is 9.90 Å². The van der Waals surface area contributed by atoms with Crippen LogP contribution in [0.25, 0.3) is 0 Å². The van der Waals surface area contributed by atoms with Crippen molar-refractivity contribution in [3.05, 3.63) is 23.8 Å². The van der Waals surface area contributed by atoms with Gasteiger partial charge in [0.2, 0.25) is 5.91 Å². The summed E-state index contributed by atoms with van der Waals surface area (Å²) in [6, 6.07) is 5.13. The number of phenols is 1. The predicted molar refractivity (Wildman–Crippen MR) is 64.4 cm³/mol. The molecular weight excluding hydrogens is 204 g/mol. The number of hydrogen-bond acceptors (Lipinski definition) is 3. The first-order valence-corrected chi connectivity index (χ1v) is 5.27. The molecule has 0 saturated heterocycles. The summed E-state index contributed by atoms with van der Waals surface area (Å²) in [6.45, 7) is 5.23. The molecule has 1 rings (SSSR count). The highest BCUT2D eigenvalue weighted by atomic mass is 16.3. The van der Waals surface area contributed by atoms with Crippen LogP contribution in [0.1, 0.15) is 26.3 Å². The molecule has 1 aromatic rings. The van der Waals surface area contributed by atoms with Crippen LogP contribution in [0.2, 0.25) is 0 Å². The van der Waals surface area contributed by atoms with E-state index in [2.05, 4.69) is 5.32 Å². The third kappa shape index (κ3) is 2.97. The first-order valence-electron chi connectivity index (χ1n) is 5.27. The van der Waals surface area contributed by atoms with E-state index in [1.165, 1.54) is 0 Å². The van der Waals surface area contributed by atoms with E-state index in [-0.39, 0.29) is 11.7 Å². The number of carbonyl (C=O) groups is 1. The maximum Gasteiger partial charge on any atom is 0.243 e. The second kappa shape index (κ2) is 4.53. The Balaban J connectivity index is 2.92. The molecule has 0 fully saturated rings. The molecule has 4 N–H and O–H groups in total. The minimum absolute atomic E-state index is 0.0507. The number of carbonyl (C=O) groups excluding carboxylic acids is 1. The SMILES string of the molecule is CCc1ccc(O)c(NC(=O)C(C)(C)N)c1. The van der Waals surface area contributed by atoms with Gasteiger partial charge in [-0.25, -0.2) is 0 Å². The van der Waals surface area contributed by atoms with E-state index < -0.39 is 5.54 Å². The Hall–Kier alpha value is -1.55. The highest BCUT2D eigenvalue weighted by Gasteiger charge is 2.22. The Bertz CT molecular complexity index is 394. The zero-order valence-electron chi connectivity index (χ0n) is 9.87. The first-order chi connectivity index (χ1) is 7.34. The topological polar surface area (TPSA) is 75.3 Å². The van der Waals surface area contributed by atoms with E-state index in [1.807, 2.05) is 13.0 Å². The van der Waals surface area contributed by atoms with Crippen LogP contribution in [-0.4, -0.2) is 16.6 Å². The van der Waals surface area contributed by atoms with Crippen LogP contribution in [0.3, 0.4) is 0 Å². The number of nitrogens with two attached hydrogens (primary N) is 1. The molecule has 0 radical (unpaired) electrons. The summed E-state index contributed by atoms with van der Waals surface area (Å²) < 4.78 is 0. The third-order valence-corrected chi connectivity index (χ3v) is 2.30. The standard InChI is InChI=1S/C12H18N2O2/c1-4-8-5-6-10(15)9(7-8)14-11(16)12(2,3)13/h5-7,15H,4,13H2,1-3H3,(H,14,16). The Kier molecular flexibility index (Phi) is 3.55. The molecule has 0 aliphatic heterocycles. The molecule has 4 heteroatoms. The fraction of sp³-hybridized carbons (Fsp3) is 0.417. The molecule has 0 spiro atoms. The number of anilines is 1. The van der Waals surface area contributed by atoms with Crippen LogP contribution in [-0.2, 0) is 11.2 Å². The van der Waals surface area contributed by atoms with Crippen molar-refractivity contribution in [3.8, 4) is 5.75 Å². The maximum atomic E-state index is 11.6. The van der Waals surface area contributed by atoms with Crippen LogP contribution in [0, 0.1) is 0 Å². The molecule has 0 atom stereocenters. The molecule has 1 aromatic carbocycles. The third-order valence-electron chi connectivity index (χ3n) is 2.30. The molecule has 16 heavy (non-hydrogen) atoms. The lowest BCUT2D eigenvalue weighted by molar-refractivity contribution is -0.120. The minimum atomic E-state index is -0.964. The Labute approximate surface area is 95.5 Å². The van der Waals surface area contributed by atoms with Crippen molar-refractivity contribution in [2.75, 3.05) is 5.32 Å². The van der Waals surface area contributed by atoms with E-state index in [1.54, 1.807) is 26.0 Å². The number of rotatable bonds is 3. The number of amides is 1. The highest BCUT2D eigenvalue weighted by molar-refractivity contribution is 5.98. The maximum absolute atomic E-state index is 11.6. The normalized spacial score (nSPS) is 11.2. The fourth-order valence-electron chi connectivity index (χ4n) is 1.19. The lowest BCUT2D eigenvalue weighted by atomic mass is 10.1. The second-order valence-corrected chi connectivity index (χ2v) is 4.38. The molecule has 1 amide bonds. The minimum Gasteiger partial charge on any atom is -0.506 e. The average Bonchev–Trinajstić information content (AvgIpc) is 2.19. The van der Waals surface area contributed by atoms with E-state index in [0.29, 0.717) is 5.69 Å². The molecular formula is C12H18N2O2. The zero-order chi connectivity index (χ0) is 12.3. The van der Waals surface area contributed by atoms with Gasteiger partial charge in [0.05, 0.1) is 11.2 Å². The fourth-order valence-corrected chi connectivity index (χ4v) is 1.19. The van der Waals surface area contributed by atoms with Crippen molar-refractivity contribution in [3.63, 3.8) is 0 Å². The largest absolute Gasteiger partial charge is 0.506 e. The average molecular weight is 222 g/mol. The molecule has 0 saturated carbocycles. The quantitative estimate of drug-likeness (QED) is 0.680. The number of hydrogen-bond donors (Lipinski definition) is 3. The van der Waals surface area contributed by atoms with Crippen LogP contribution in [0.4, 0.5) is 5.69 Å². The van der Waals surface area contributed by atoms with Gasteiger partial charge in [0.25, 0.3) is 0 Å². The van der Waals surface area contributed by atoms with Crippen molar-refractivity contribution >= 4 is 11.6 Å². The van der Waals surface area contributed by atoms with E-state index in [4.69, 9.17) is 5.73 Å². The Morgan fingerprint density at radius 3 is 2.62 bits per heavy atom. The van der Waals surface area contributed by atoms with Crippen molar-refractivity contribution in [1.82, 2.24) is 0 Å². The summed E-state index contributed by atoms with van der Waals surface area (Å²) in [5.41, 5.74) is 6.14. The summed E-state index contributed by atoms with van der Waals surface area (Å²) in [5, 5.41) is 12.2. The van der Waals surface area contributed by atoms with Gasteiger partial charge in [-0.15, -0.1) is 0 Å². The van der Waals surface area contributed by atoms with Crippen LogP contribution in [0.15, 0.2) is 18.2 Å². The smallest absolute Gasteiger partial charge is 0.243 e. The molecule has 88 valence electrons. The van der Waals surface area contributed by atoms with Gasteiger partial charge >= 0.3 is 0 Å². The van der Waals surface area contributed by atoms with Crippen molar-refractivity contribution in [2.24, 2.45) is 5.73 Å². The van der Waals surface area contributed by atoms with Crippen molar-refractivity contribution < 1.29 is 9.90 Å². The van der Waals surface area contributed by atoms with Crippen molar-refractivity contribution in [2.45, 2.75) is 32.7 Å². The van der Waals surface area contributed by atoms with Gasteiger partial charge in [-0.2, -0.15) is 0 Å². The van der Waals surface area contributed by atoms with Crippen molar-refractivity contribution in [1.29, 1.82) is 0 Å². The lowest BCUT2D eigenvalue weighted by Gasteiger charge is -2.18. The molecule has 0 unspecified atom stereocenters. The number of nitrogens with one attached hydrogen (secondary N) is 1. The van der Waals surface area contributed by atoms with E-state index in [0.717, 1.165) is 12.0 Å². The van der Waals surface area contributed by atoms with Crippen LogP contribution < -0.4 is 11.1 Å². The summed E-state index contributed by atoms with van der Waals surface area (Å²) in [6.07, 6.45) is 0.842. The number of benzene rings is 1. The summed E-state index contributed by atoms with van der Waals surface area (Å²) in [7, 11) is 0. The van der Waals surface area contributed by atoms with Gasteiger partial charge in [0, 0.05) is 0 Å². The van der Waals surface area contributed by atoms with Crippen LogP contribution in [0.5, 0.6) is 5.75 Å². The summed E-state index contributed by atoms with van der Waals surface area (Å²) >= 11 is 0. The number of phenolic OH excluding ortho intramolecular Hbond substituents is 1. The molecule has 0 aliphatic carbocycles. The second-order valence-electron chi connectivity index (χ2n) is 4.38. The molecule has 4 nitrogen and oxygen atoms in total. The van der Waals surface area contributed by atoms with Crippen LogP contribution >= 0.6 is 0 Å². The zero-order valence-corrected chi connectivity index (χ0v) is 9.87. The first kappa shape index (κ1) is 12.5. The molecule has 0 aromatic heterocycles. The number of aryl methyl sites for hydroxylation is 1. The van der Waals surface area contributed by atoms with Gasteiger partial charge in [-0.05, 0) is 38.0 Å². The van der Waals surface area contributed by atoms with E-state index >= 15 is 0 Å².